The molecule has 2 N–H and O–H groups in total. The van der Waals surface area contributed by atoms with Crippen molar-refractivity contribution >= 4 is 12.0 Å². The fourth-order valence-corrected chi connectivity index (χ4v) is 1.68. The molecule has 0 spiro atoms. The van der Waals surface area contributed by atoms with Crippen molar-refractivity contribution in [1.82, 2.24) is 10.2 Å². The molecule has 2 rings (SSSR count). The molecular weight excluding hydrogens is 248 g/mol. The predicted octanol–water partition coefficient (Wildman–Crippen LogP) is 1.18. The van der Waals surface area contributed by atoms with Crippen LogP contribution < -0.4 is 10.1 Å². The van der Waals surface area contributed by atoms with Crippen molar-refractivity contribution in [3.63, 3.8) is 0 Å². The van der Waals surface area contributed by atoms with Crippen LogP contribution >= 0.6 is 0 Å². The molecule has 1 fully saturated rings. The number of benzene rings is 1. The van der Waals surface area contributed by atoms with Crippen molar-refractivity contribution in [1.29, 1.82) is 0 Å². The molecule has 0 bridgehead atoms. The van der Waals surface area contributed by atoms with Gasteiger partial charge >= 0.3 is 12.0 Å². The van der Waals surface area contributed by atoms with Gasteiger partial charge in [-0.2, -0.15) is 0 Å². The van der Waals surface area contributed by atoms with Crippen molar-refractivity contribution < 1.29 is 19.4 Å². The van der Waals surface area contributed by atoms with Gasteiger partial charge in [0.15, 0.2) is 0 Å². The lowest BCUT2D eigenvalue weighted by atomic mass is 10.2. The number of hydrogen-bond acceptors (Lipinski definition) is 3. The molecule has 0 atom stereocenters. The highest BCUT2D eigenvalue weighted by molar-refractivity contribution is 5.88. The van der Waals surface area contributed by atoms with E-state index in [1.54, 1.807) is 17.0 Å². The van der Waals surface area contributed by atoms with E-state index in [9.17, 15) is 9.59 Å². The van der Waals surface area contributed by atoms with Crippen LogP contribution in [0.15, 0.2) is 24.3 Å². The summed E-state index contributed by atoms with van der Waals surface area (Å²) >= 11 is 0. The second-order valence-electron chi connectivity index (χ2n) is 4.25. The third-order valence-corrected chi connectivity index (χ3v) is 2.87. The Morgan fingerprint density at radius 1 is 1.37 bits per heavy atom. The summed E-state index contributed by atoms with van der Waals surface area (Å²) in [5, 5.41) is 11.6. The zero-order valence-corrected chi connectivity index (χ0v) is 10.5. The number of carboxylic acids is 1. The van der Waals surface area contributed by atoms with E-state index in [1.807, 2.05) is 0 Å². The maximum Gasteiger partial charge on any atom is 0.335 e. The van der Waals surface area contributed by atoms with E-state index < -0.39 is 5.97 Å². The second-order valence-corrected chi connectivity index (χ2v) is 4.25. The summed E-state index contributed by atoms with van der Waals surface area (Å²) in [6, 6.07) is 6.19. The lowest BCUT2D eigenvalue weighted by Gasteiger charge is -2.30. The van der Waals surface area contributed by atoms with Gasteiger partial charge in [0.25, 0.3) is 0 Å². The number of nitrogens with zero attached hydrogens (tertiary/aromatic N) is 1. The molecule has 19 heavy (non-hydrogen) atoms. The Morgan fingerprint density at radius 3 is 2.79 bits per heavy atom. The highest BCUT2D eigenvalue weighted by Crippen LogP contribution is 2.13. The third kappa shape index (κ3) is 3.61. The number of nitrogens with one attached hydrogen (secondary N) is 1. The van der Waals surface area contributed by atoms with E-state index in [-0.39, 0.29) is 11.6 Å². The van der Waals surface area contributed by atoms with Crippen LogP contribution in [0.3, 0.4) is 0 Å². The third-order valence-electron chi connectivity index (χ3n) is 2.87. The molecule has 2 amide bonds. The van der Waals surface area contributed by atoms with Crippen LogP contribution in [-0.4, -0.2) is 48.2 Å². The lowest BCUT2D eigenvalue weighted by molar-refractivity contribution is 0.0696. The van der Waals surface area contributed by atoms with E-state index >= 15 is 0 Å². The van der Waals surface area contributed by atoms with Crippen LogP contribution in [0.25, 0.3) is 0 Å². The maximum absolute atomic E-state index is 11.5. The Labute approximate surface area is 111 Å². The van der Waals surface area contributed by atoms with Crippen LogP contribution in [0, 0.1) is 0 Å². The molecule has 0 saturated carbocycles. The van der Waals surface area contributed by atoms with Crippen LogP contribution in [-0.2, 0) is 0 Å². The van der Waals surface area contributed by atoms with Gasteiger partial charge in [-0.1, -0.05) is 6.07 Å². The minimum absolute atomic E-state index is 0.0749. The average molecular weight is 264 g/mol. The van der Waals surface area contributed by atoms with Gasteiger partial charge in [-0.25, -0.2) is 9.59 Å². The first-order chi connectivity index (χ1) is 9.16. The zero-order chi connectivity index (χ0) is 13.7. The van der Waals surface area contributed by atoms with Crippen LogP contribution in [0.4, 0.5) is 4.79 Å². The van der Waals surface area contributed by atoms with Crippen molar-refractivity contribution in [2.24, 2.45) is 0 Å². The quantitative estimate of drug-likeness (QED) is 0.783. The first-order valence-electron chi connectivity index (χ1n) is 6.16. The number of likely N-dealkylation sites (tertiary alicyclic amines) is 1. The summed E-state index contributed by atoms with van der Waals surface area (Å²) in [5.41, 5.74) is 0.183. The number of carboxylic acid groups (broad SMARTS) is 1. The smallest absolute Gasteiger partial charge is 0.335 e. The van der Waals surface area contributed by atoms with Gasteiger partial charge < -0.3 is 20.1 Å². The number of urea groups is 1. The van der Waals surface area contributed by atoms with Gasteiger partial charge in [-0.3, -0.25) is 0 Å². The summed E-state index contributed by atoms with van der Waals surface area (Å²) < 4.78 is 5.38. The van der Waals surface area contributed by atoms with Crippen molar-refractivity contribution in [3.05, 3.63) is 29.8 Å². The summed E-state index contributed by atoms with van der Waals surface area (Å²) in [6.45, 7) is 2.33. The van der Waals surface area contributed by atoms with Crippen molar-refractivity contribution in [2.45, 2.75) is 6.42 Å². The van der Waals surface area contributed by atoms with E-state index in [1.165, 1.54) is 12.1 Å². The normalized spacial score (nSPS) is 13.6. The standard InChI is InChI=1S/C13H16N2O4/c16-12(17)10-3-1-4-11(9-10)19-8-5-14-13(18)15-6-2-7-15/h1,3-4,9H,2,5-8H2,(H,14,18)(H,16,17). The Balaban J connectivity index is 1.71. The first kappa shape index (κ1) is 13.2. The van der Waals surface area contributed by atoms with Crippen LogP contribution in [0.1, 0.15) is 16.8 Å². The minimum Gasteiger partial charge on any atom is -0.492 e. The largest absolute Gasteiger partial charge is 0.492 e. The van der Waals surface area contributed by atoms with E-state index in [2.05, 4.69) is 5.32 Å². The van der Waals surface area contributed by atoms with Gasteiger partial charge in [0.1, 0.15) is 12.4 Å². The molecular formula is C13H16N2O4. The summed E-state index contributed by atoms with van der Waals surface area (Å²) in [4.78, 5) is 24.0. The van der Waals surface area contributed by atoms with Gasteiger partial charge in [0.05, 0.1) is 12.1 Å². The molecule has 1 aromatic rings. The Kier molecular flexibility index (Phi) is 4.22. The molecule has 0 aliphatic carbocycles. The predicted molar refractivity (Wildman–Crippen MR) is 68.5 cm³/mol. The van der Waals surface area contributed by atoms with E-state index in [0.29, 0.717) is 18.9 Å². The molecule has 1 aliphatic heterocycles. The molecule has 1 aromatic carbocycles. The summed E-state index contributed by atoms with van der Waals surface area (Å²) in [7, 11) is 0. The highest BCUT2D eigenvalue weighted by Gasteiger charge is 2.19. The lowest BCUT2D eigenvalue weighted by Crippen LogP contribution is -2.48. The summed E-state index contributed by atoms with van der Waals surface area (Å²) in [5.74, 6) is -0.505. The summed E-state index contributed by atoms with van der Waals surface area (Å²) in [6.07, 6.45) is 1.06. The molecule has 1 saturated heterocycles. The average Bonchev–Trinajstić information content (AvgIpc) is 2.33. The topological polar surface area (TPSA) is 78.9 Å². The molecule has 1 heterocycles. The van der Waals surface area contributed by atoms with Crippen LogP contribution in [0.5, 0.6) is 5.75 Å². The molecule has 1 aliphatic rings. The first-order valence-corrected chi connectivity index (χ1v) is 6.16. The molecule has 6 heteroatoms. The Hall–Kier alpha value is -2.24. The van der Waals surface area contributed by atoms with Crippen molar-refractivity contribution in [3.8, 4) is 5.75 Å². The number of rotatable bonds is 5. The number of amides is 2. The monoisotopic (exact) mass is 264 g/mol. The molecule has 0 radical (unpaired) electrons. The number of carbonyl (C=O) groups is 2. The van der Waals surface area contributed by atoms with Gasteiger partial charge in [0, 0.05) is 13.1 Å². The zero-order valence-electron chi connectivity index (χ0n) is 10.5. The van der Waals surface area contributed by atoms with E-state index in [4.69, 9.17) is 9.84 Å². The van der Waals surface area contributed by atoms with Gasteiger partial charge in [-0.15, -0.1) is 0 Å². The maximum atomic E-state index is 11.5. The number of ether oxygens (including phenoxy) is 1. The Bertz CT molecular complexity index is 471. The molecule has 102 valence electrons. The molecule has 6 nitrogen and oxygen atoms in total. The fraction of sp³-hybridized carbons (Fsp3) is 0.385. The van der Waals surface area contributed by atoms with Gasteiger partial charge in [0.2, 0.25) is 0 Å². The second kappa shape index (κ2) is 6.08. The number of aromatic carboxylic acids is 1. The number of carbonyl (C=O) groups excluding carboxylic acids is 1. The van der Waals surface area contributed by atoms with E-state index in [0.717, 1.165) is 19.5 Å². The molecule has 0 aromatic heterocycles. The SMILES string of the molecule is O=C(O)c1cccc(OCCNC(=O)N2CCC2)c1. The highest BCUT2D eigenvalue weighted by atomic mass is 16.5. The molecule has 0 unspecified atom stereocenters. The Morgan fingerprint density at radius 2 is 2.16 bits per heavy atom. The van der Waals surface area contributed by atoms with Crippen molar-refractivity contribution in [2.75, 3.05) is 26.2 Å². The van der Waals surface area contributed by atoms with Crippen LogP contribution in [0.2, 0.25) is 0 Å². The number of hydrogen-bond donors (Lipinski definition) is 2. The van der Waals surface area contributed by atoms with Gasteiger partial charge in [-0.05, 0) is 24.6 Å². The fourth-order valence-electron chi connectivity index (χ4n) is 1.68. The minimum atomic E-state index is -0.989.